The van der Waals surface area contributed by atoms with Gasteiger partial charge in [0.25, 0.3) is 10.0 Å². The van der Waals surface area contributed by atoms with Crippen molar-refractivity contribution in [2.45, 2.75) is 10.4 Å². The number of aromatic nitrogens is 2. The van der Waals surface area contributed by atoms with Gasteiger partial charge < -0.3 is 0 Å². The van der Waals surface area contributed by atoms with Gasteiger partial charge in [0.05, 0.1) is 4.90 Å². The molecule has 2 aromatic heterocycles. The number of hydrogen-bond donors (Lipinski definition) is 1. The van der Waals surface area contributed by atoms with E-state index in [-0.39, 0.29) is 4.90 Å². The van der Waals surface area contributed by atoms with Crippen LogP contribution in [0.15, 0.2) is 168 Å². The Hall–Kier alpha value is -4.76. The molecule has 0 aliphatic heterocycles. The maximum absolute atomic E-state index is 13.8. The third-order valence-corrected chi connectivity index (χ3v) is 9.75. The number of nitrogens with zero attached hydrogens (tertiary/aromatic N) is 3. The topological polar surface area (TPSA) is 81.2 Å². The van der Waals surface area contributed by atoms with Crippen LogP contribution in [-0.2, 0) is 15.6 Å². The van der Waals surface area contributed by atoms with Crippen LogP contribution in [0.5, 0.6) is 0 Å². The lowest BCUT2D eigenvalue weighted by molar-refractivity contribution is 0.239. The summed E-state index contributed by atoms with van der Waals surface area (Å²) in [5.41, 5.74) is 3.46. The van der Waals surface area contributed by atoms with Crippen molar-refractivity contribution in [3.63, 3.8) is 0 Å². The molecule has 0 aliphatic carbocycles. The highest BCUT2D eigenvalue weighted by molar-refractivity contribution is 9.10. The fourth-order valence-electron chi connectivity index (χ4n) is 5.64. The predicted octanol–water partition coefficient (Wildman–Crippen LogP) is 7.73. The van der Waals surface area contributed by atoms with E-state index in [0.29, 0.717) is 26.6 Å². The van der Waals surface area contributed by atoms with Gasteiger partial charge in [-0.1, -0.05) is 122 Å². The molecule has 0 unspecified atom stereocenters. The quantitative estimate of drug-likeness (QED) is 0.0743. The van der Waals surface area contributed by atoms with Crippen molar-refractivity contribution in [3.8, 4) is 0 Å². The number of fused-ring (bicyclic) bond motifs is 1. The summed E-state index contributed by atoms with van der Waals surface area (Å²) < 4.78 is 29.6. The van der Waals surface area contributed by atoms with Crippen molar-refractivity contribution in [1.29, 1.82) is 0 Å². The molecular formula is C36H29BrN4O2S. The molecule has 0 aliphatic rings. The lowest BCUT2D eigenvalue weighted by Crippen LogP contribution is -2.49. The number of nitrogens with two attached hydrogens (primary N) is 1. The molecule has 0 spiro atoms. The first kappa shape index (κ1) is 29.3. The summed E-state index contributed by atoms with van der Waals surface area (Å²) in [7, 11) is -3.95. The van der Waals surface area contributed by atoms with Crippen LogP contribution in [0.4, 0.5) is 0 Å². The Morgan fingerprint density at radius 3 is 1.77 bits per heavy atom. The van der Waals surface area contributed by atoms with Gasteiger partial charge in [0.2, 0.25) is 0 Å². The molecule has 44 heavy (non-hydrogen) atoms. The number of allylic oxidation sites excluding steroid dienone is 2. The van der Waals surface area contributed by atoms with Crippen LogP contribution in [-0.4, -0.2) is 22.4 Å². The van der Waals surface area contributed by atoms with E-state index >= 15 is 0 Å². The number of hydrazine groups is 1. The van der Waals surface area contributed by atoms with E-state index in [0.717, 1.165) is 16.7 Å². The first-order valence-electron chi connectivity index (χ1n) is 13.9. The lowest BCUT2D eigenvalue weighted by atomic mass is 9.76. The van der Waals surface area contributed by atoms with Crippen LogP contribution in [0.1, 0.15) is 22.3 Å². The summed E-state index contributed by atoms with van der Waals surface area (Å²) in [5.74, 6) is 7.18. The van der Waals surface area contributed by atoms with Gasteiger partial charge >= 0.3 is 0 Å². The minimum absolute atomic E-state index is 0.161. The van der Waals surface area contributed by atoms with E-state index in [1.807, 2.05) is 66.9 Å². The third-order valence-electron chi connectivity index (χ3n) is 7.65. The molecule has 0 fully saturated rings. The highest BCUT2D eigenvalue weighted by atomic mass is 79.9. The standard InChI is InChI=1S/C36H29BrN4O2S/c1-2-27(34-26-40(35-33(34)23-31(37)24-39-35)44(42,43)32-21-13-6-14-22-32)25-41(38)36(28-15-7-3-8-16-28,29-17-9-4-10-18-29)30-19-11-5-12-20-30/h2-26H,1,38H2/b27-25+. The molecule has 2 N–H and O–H groups in total. The summed E-state index contributed by atoms with van der Waals surface area (Å²) in [6, 6.07) is 40.4. The monoisotopic (exact) mass is 660 g/mol. The minimum atomic E-state index is -3.95. The van der Waals surface area contributed by atoms with Gasteiger partial charge in [-0.25, -0.2) is 23.2 Å². The molecule has 0 radical (unpaired) electrons. The van der Waals surface area contributed by atoms with Crippen molar-refractivity contribution in [2.24, 2.45) is 5.84 Å². The van der Waals surface area contributed by atoms with Gasteiger partial charge in [-0.2, -0.15) is 0 Å². The highest BCUT2D eigenvalue weighted by Gasteiger charge is 2.40. The van der Waals surface area contributed by atoms with Crippen LogP contribution >= 0.6 is 15.9 Å². The van der Waals surface area contributed by atoms with E-state index < -0.39 is 15.6 Å². The Bertz CT molecular complexity index is 1970. The van der Waals surface area contributed by atoms with Crippen LogP contribution in [0.3, 0.4) is 0 Å². The summed E-state index contributed by atoms with van der Waals surface area (Å²) in [5, 5.41) is 2.31. The predicted molar refractivity (Wildman–Crippen MR) is 180 cm³/mol. The Morgan fingerprint density at radius 1 is 0.818 bits per heavy atom. The molecule has 0 saturated heterocycles. The molecule has 8 heteroatoms. The van der Waals surface area contributed by atoms with Crippen LogP contribution in [0.25, 0.3) is 16.6 Å². The van der Waals surface area contributed by atoms with Crippen molar-refractivity contribution in [2.75, 3.05) is 0 Å². The first-order valence-corrected chi connectivity index (χ1v) is 16.1. The maximum Gasteiger partial charge on any atom is 0.269 e. The fraction of sp³-hybridized carbons (Fsp3) is 0.0278. The van der Waals surface area contributed by atoms with E-state index in [4.69, 9.17) is 5.84 Å². The molecule has 6 rings (SSSR count). The second-order valence-electron chi connectivity index (χ2n) is 10.2. The average Bonchev–Trinajstić information content (AvgIpc) is 3.45. The minimum Gasteiger partial charge on any atom is -0.298 e. The summed E-state index contributed by atoms with van der Waals surface area (Å²) in [6.07, 6.45) is 6.67. The Balaban J connectivity index is 1.61. The van der Waals surface area contributed by atoms with Crippen LogP contribution in [0.2, 0.25) is 0 Å². The summed E-state index contributed by atoms with van der Waals surface area (Å²) in [4.78, 5) is 4.67. The Morgan fingerprint density at radius 2 is 1.30 bits per heavy atom. The second kappa shape index (κ2) is 12.1. The Kier molecular flexibility index (Phi) is 8.05. The molecular weight excluding hydrogens is 632 g/mol. The molecule has 218 valence electrons. The second-order valence-corrected chi connectivity index (χ2v) is 12.9. The zero-order valence-electron chi connectivity index (χ0n) is 23.7. The molecule has 4 aromatic carbocycles. The number of pyridine rings is 1. The normalized spacial score (nSPS) is 12.3. The van der Waals surface area contributed by atoms with Gasteiger partial charge in [-0.15, -0.1) is 0 Å². The molecule has 0 atom stereocenters. The summed E-state index contributed by atoms with van der Waals surface area (Å²) >= 11 is 3.52. The zero-order chi connectivity index (χ0) is 30.7. The molecule has 0 bridgehead atoms. The number of hydrogen-bond acceptors (Lipinski definition) is 5. The Labute approximate surface area is 265 Å². The van der Waals surface area contributed by atoms with E-state index in [1.165, 1.54) is 3.97 Å². The van der Waals surface area contributed by atoms with Gasteiger partial charge in [0.1, 0.15) is 5.54 Å². The van der Waals surface area contributed by atoms with Gasteiger partial charge in [0, 0.05) is 39.6 Å². The van der Waals surface area contributed by atoms with Crippen molar-refractivity contribution in [3.05, 3.63) is 185 Å². The van der Waals surface area contributed by atoms with E-state index in [9.17, 15) is 8.42 Å². The zero-order valence-corrected chi connectivity index (χ0v) is 26.1. The molecule has 0 saturated carbocycles. The molecule has 6 nitrogen and oxygen atoms in total. The number of benzene rings is 4. The van der Waals surface area contributed by atoms with Gasteiger partial charge in [0.15, 0.2) is 5.65 Å². The van der Waals surface area contributed by atoms with Gasteiger partial charge in [-0.3, -0.25) is 5.01 Å². The number of rotatable bonds is 9. The fourth-order valence-corrected chi connectivity index (χ4v) is 7.31. The third kappa shape index (κ3) is 5.07. The molecule has 0 amide bonds. The SMILES string of the molecule is C=C/C(=C\N(N)C(c1ccccc1)(c1ccccc1)c1ccccc1)c1cn(S(=O)(=O)c2ccccc2)c2ncc(Br)cc12. The van der Waals surface area contributed by atoms with Crippen molar-refractivity contribution in [1.82, 2.24) is 14.0 Å². The van der Waals surface area contributed by atoms with Crippen LogP contribution < -0.4 is 5.84 Å². The molecule has 6 aromatic rings. The first-order chi connectivity index (χ1) is 21.4. The van der Waals surface area contributed by atoms with E-state index in [1.54, 1.807) is 53.8 Å². The molecule has 2 heterocycles. The van der Waals surface area contributed by atoms with Crippen LogP contribution in [0, 0.1) is 0 Å². The lowest BCUT2D eigenvalue weighted by Gasteiger charge is -2.42. The average molecular weight is 662 g/mol. The smallest absolute Gasteiger partial charge is 0.269 e. The van der Waals surface area contributed by atoms with Crippen molar-refractivity contribution >= 4 is 42.6 Å². The van der Waals surface area contributed by atoms with Gasteiger partial charge in [-0.05, 0) is 50.8 Å². The van der Waals surface area contributed by atoms with Crippen molar-refractivity contribution < 1.29 is 8.42 Å². The van der Waals surface area contributed by atoms with E-state index in [2.05, 4.69) is 63.9 Å². The largest absolute Gasteiger partial charge is 0.298 e. The number of halogens is 1. The maximum atomic E-state index is 13.8. The highest BCUT2D eigenvalue weighted by Crippen LogP contribution is 2.42. The summed E-state index contributed by atoms with van der Waals surface area (Å²) in [6.45, 7) is 4.11.